The molecule has 0 bridgehead atoms. The molecule has 0 atom stereocenters. The van der Waals surface area contributed by atoms with Crippen LogP contribution in [0.1, 0.15) is 5.56 Å². The summed E-state index contributed by atoms with van der Waals surface area (Å²) in [4.78, 5) is 5.66. The Labute approximate surface area is 183 Å². The molecule has 154 valence electrons. The molecule has 30 heavy (non-hydrogen) atoms. The molecular formula is C22H21N3O3S2. The van der Waals surface area contributed by atoms with Gasteiger partial charge in [0, 0.05) is 22.7 Å². The highest BCUT2D eigenvalue weighted by Gasteiger charge is 2.08. The number of fused-ring (bicyclic) bond motifs is 1. The van der Waals surface area contributed by atoms with Gasteiger partial charge in [-0.15, -0.1) is 0 Å². The first kappa shape index (κ1) is 20.2. The fourth-order valence-corrected chi connectivity index (χ4v) is 4.45. The summed E-state index contributed by atoms with van der Waals surface area (Å²) in [6.45, 7) is 0.503. The lowest BCUT2D eigenvalue weighted by molar-refractivity contribution is 0.371. The maximum absolute atomic E-state index is 10.2. The van der Waals surface area contributed by atoms with Gasteiger partial charge in [0.25, 0.3) is 0 Å². The molecule has 0 radical (unpaired) electrons. The van der Waals surface area contributed by atoms with Crippen molar-refractivity contribution in [2.45, 2.75) is 11.4 Å². The van der Waals surface area contributed by atoms with E-state index in [0.717, 1.165) is 37.2 Å². The van der Waals surface area contributed by atoms with Crippen molar-refractivity contribution in [2.24, 2.45) is 0 Å². The first-order valence-corrected chi connectivity index (χ1v) is 10.9. The van der Waals surface area contributed by atoms with Crippen molar-refractivity contribution in [1.29, 1.82) is 0 Å². The molecule has 4 rings (SSSR count). The number of aromatic hydroxyl groups is 1. The van der Waals surface area contributed by atoms with E-state index in [1.807, 2.05) is 54.6 Å². The van der Waals surface area contributed by atoms with Gasteiger partial charge in [0.2, 0.25) is 0 Å². The van der Waals surface area contributed by atoms with Crippen LogP contribution < -0.4 is 19.5 Å². The van der Waals surface area contributed by atoms with Crippen LogP contribution in [0.4, 0.5) is 10.8 Å². The molecule has 0 saturated carbocycles. The molecule has 0 amide bonds. The van der Waals surface area contributed by atoms with E-state index in [-0.39, 0.29) is 5.75 Å². The van der Waals surface area contributed by atoms with Gasteiger partial charge in [0.1, 0.15) is 5.75 Å². The number of hydrogen-bond acceptors (Lipinski definition) is 8. The highest BCUT2D eigenvalue weighted by molar-refractivity contribution is 8.00. The summed E-state index contributed by atoms with van der Waals surface area (Å²) in [5.41, 5.74) is 2.69. The summed E-state index contributed by atoms with van der Waals surface area (Å²) in [6.07, 6.45) is 0. The van der Waals surface area contributed by atoms with Gasteiger partial charge in [-0.1, -0.05) is 23.5 Å². The monoisotopic (exact) mass is 439 g/mol. The average Bonchev–Trinajstić information content (AvgIpc) is 3.19. The summed E-state index contributed by atoms with van der Waals surface area (Å²) in [6, 6.07) is 19.4. The SMILES string of the molecule is COc1ccc2nc(NSc3ccc(NCc4cccc(OC)c4O)cc3)sc2c1. The van der Waals surface area contributed by atoms with E-state index in [9.17, 15) is 5.11 Å². The van der Waals surface area contributed by atoms with Gasteiger partial charge in [-0.2, -0.15) is 0 Å². The van der Waals surface area contributed by atoms with Crippen molar-refractivity contribution >= 4 is 44.3 Å². The lowest BCUT2D eigenvalue weighted by Gasteiger charge is -2.11. The number of ether oxygens (including phenoxy) is 2. The standard InChI is InChI=1S/C22H21N3O3S2/c1-27-16-8-11-18-20(12-16)29-22(24-18)25-30-17-9-6-15(7-10-17)23-13-14-4-3-5-19(28-2)21(14)26/h3-12,23,26H,13H2,1-2H3,(H,24,25). The molecule has 1 heterocycles. The molecule has 0 aliphatic carbocycles. The van der Waals surface area contributed by atoms with E-state index in [1.54, 1.807) is 31.6 Å². The Bertz CT molecular complexity index is 1150. The molecule has 6 nitrogen and oxygen atoms in total. The van der Waals surface area contributed by atoms with Gasteiger partial charge in [-0.25, -0.2) is 4.98 Å². The number of hydrogen-bond donors (Lipinski definition) is 3. The van der Waals surface area contributed by atoms with E-state index < -0.39 is 0 Å². The van der Waals surface area contributed by atoms with E-state index in [1.165, 1.54) is 11.9 Å². The number of para-hydroxylation sites is 1. The number of thiazole rings is 1. The minimum absolute atomic E-state index is 0.164. The minimum Gasteiger partial charge on any atom is -0.504 e. The molecule has 0 saturated heterocycles. The van der Waals surface area contributed by atoms with Gasteiger partial charge in [-0.05, 0) is 60.5 Å². The summed E-state index contributed by atoms with van der Waals surface area (Å²) in [7, 11) is 3.21. The second-order valence-corrected chi connectivity index (χ2v) is 8.31. The van der Waals surface area contributed by atoms with Crippen molar-refractivity contribution in [3.8, 4) is 17.2 Å². The van der Waals surface area contributed by atoms with Crippen molar-refractivity contribution in [3.63, 3.8) is 0 Å². The number of aromatic nitrogens is 1. The van der Waals surface area contributed by atoms with Crippen LogP contribution in [0.15, 0.2) is 65.6 Å². The first-order valence-electron chi connectivity index (χ1n) is 9.22. The number of methoxy groups -OCH3 is 2. The third-order valence-corrected chi connectivity index (χ3v) is 6.36. The fraction of sp³-hybridized carbons (Fsp3) is 0.136. The minimum atomic E-state index is 0.164. The normalized spacial score (nSPS) is 10.7. The molecule has 0 spiro atoms. The molecule has 3 N–H and O–H groups in total. The Morgan fingerprint density at radius 2 is 1.87 bits per heavy atom. The van der Waals surface area contributed by atoms with E-state index in [0.29, 0.717) is 12.3 Å². The molecule has 0 unspecified atom stereocenters. The zero-order chi connectivity index (χ0) is 20.9. The maximum Gasteiger partial charge on any atom is 0.194 e. The van der Waals surface area contributed by atoms with Gasteiger partial charge in [0.15, 0.2) is 16.6 Å². The second kappa shape index (κ2) is 9.15. The van der Waals surface area contributed by atoms with Gasteiger partial charge >= 0.3 is 0 Å². The Balaban J connectivity index is 1.35. The highest BCUT2D eigenvalue weighted by Crippen LogP contribution is 2.32. The van der Waals surface area contributed by atoms with Crippen molar-refractivity contribution in [2.75, 3.05) is 24.3 Å². The molecule has 8 heteroatoms. The number of nitrogens with zero attached hydrogens (tertiary/aromatic N) is 1. The van der Waals surface area contributed by atoms with Crippen LogP contribution in [0, 0.1) is 0 Å². The Morgan fingerprint density at radius 3 is 2.63 bits per heavy atom. The fourth-order valence-electron chi connectivity index (χ4n) is 2.89. The summed E-state index contributed by atoms with van der Waals surface area (Å²) < 4.78 is 14.8. The smallest absolute Gasteiger partial charge is 0.194 e. The van der Waals surface area contributed by atoms with Crippen LogP contribution in [0.2, 0.25) is 0 Å². The van der Waals surface area contributed by atoms with Crippen molar-refractivity contribution in [1.82, 2.24) is 4.98 Å². The van der Waals surface area contributed by atoms with Crippen LogP contribution in [0.5, 0.6) is 17.2 Å². The number of nitrogens with one attached hydrogen (secondary N) is 2. The number of phenolic OH excluding ortho intramolecular Hbond substituents is 1. The van der Waals surface area contributed by atoms with Crippen LogP contribution in [-0.2, 0) is 6.54 Å². The number of phenols is 1. The Kier molecular flexibility index (Phi) is 6.15. The number of anilines is 2. The van der Waals surface area contributed by atoms with E-state index in [2.05, 4.69) is 15.0 Å². The first-order chi connectivity index (χ1) is 14.7. The van der Waals surface area contributed by atoms with Crippen LogP contribution in [0.3, 0.4) is 0 Å². The largest absolute Gasteiger partial charge is 0.504 e. The highest BCUT2D eigenvalue weighted by atomic mass is 32.2. The van der Waals surface area contributed by atoms with Crippen LogP contribution in [-0.4, -0.2) is 24.3 Å². The zero-order valence-electron chi connectivity index (χ0n) is 16.5. The van der Waals surface area contributed by atoms with Crippen LogP contribution in [0.25, 0.3) is 10.2 Å². The van der Waals surface area contributed by atoms with Gasteiger partial charge in [-0.3, -0.25) is 0 Å². The van der Waals surface area contributed by atoms with Gasteiger partial charge in [0.05, 0.1) is 24.4 Å². The lowest BCUT2D eigenvalue weighted by Crippen LogP contribution is -2.00. The predicted octanol–water partition coefficient (Wildman–Crippen LogP) is 5.75. The lowest BCUT2D eigenvalue weighted by atomic mass is 10.2. The van der Waals surface area contributed by atoms with Crippen molar-refractivity contribution in [3.05, 3.63) is 66.2 Å². The molecule has 3 aromatic carbocycles. The maximum atomic E-state index is 10.2. The molecule has 1 aromatic heterocycles. The summed E-state index contributed by atoms with van der Waals surface area (Å²) in [5, 5.41) is 14.3. The van der Waals surface area contributed by atoms with Crippen molar-refractivity contribution < 1.29 is 14.6 Å². The summed E-state index contributed by atoms with van der Waals surface area (Å²) in [5.74, 6) is 1.47. The Morgan fingerprint density at radius 1 is 1.03 bits per heavy atom. The molecule has 0 aliphatic rings. The zero-order valence-corrected chi connectivity index (χ0v) is 18.1. The molecule has 0 aliphatic heterocycles. The Hall–Kier alpha value is -3.10. The molecule has 0 fully saturated rings. The van der Waals surface area contributed by atoms with E-state index in [4.69, 9.17) is 9.47 Å². The third-order valence-electron chi connectivity index (χ3n) is 4.49. The average molecular weight is 440 g/mol. The number of benzene rings is 3. The second-order valence-electron chi connectivity index (χ2n) is 6.40. The third kappa shape index (κ3) is 4.55. The molecular weight excluding hydrogens is 418 g/mol. The predicted molar refractivity (Wildman–Crippen MR) is 124 cm³/mol. The topological polar surface area (TPSA) is 75.6 Å². The van der Waals surface area contributed by atoms with Crippen LogP contribution >= 0.6 is 23.3 Å². The quantitative estimate of drug-likeness (QED) is 0.302. The summed E-state index contributed by atoms with van der Waals surface area (Å²) >= 11 is 3.10. The number of rotatable bonds is 8. The molecule has 4 aromatic rings. The van der Waals surface area contributed by atoms with Gasteiger partial charge < -0.3 is 24.6 Å². The van der Waals surface area contributed by atoms with E-state index >= 15 is 0 Å².